The van der Waals surface area contributed by atoms with E-state index in [9.17, 15) is 4.79 Å². The average Bonchev–Trinajstić information content (AvgIpc) is 2.68. The highest BCUT2D eigenvalue weighted by atomic mass is 32.2. The Balaban J connectivity index is 2.06. The average molecular weight is 264 g/mol. The summed E-state index contributed by atoms with van der Waals surface area (Å²) in [5, 5.41) is 13.5. The molecule has 0 bridgehead atoms. The molecule has 6 nitrogen and oxygen atoms in total. The van der Waals surface area contributed by atoms with Crippen molar-refractivity contribution in [2.45, 2.75) is 11.6 Å². The Morgan fingerprint density at radius 2 is 2.17 bits per heavy atom. The number of hydrogen-bond donors (Lipinski definition) is 1. The molecule has 0 fully saturated rings. The van der Waals surface area contributed by atoms with Gasteiger partial charge in [0.1, 0.15) is 0 Å². The van der Waals surface area contributed by atoms with Gasteiger partial charge in [0.15, 0.2) is 11.0 Å². The summed E-state index contributed by atoms with van der Waals surface area (Å²) >= 11 is 1.16. The molecule has 0 unspecified atom stereocenters. The van der Waals surface area contributed by atoms with Crippen LogP contribution in [0.4, 0.5) is 0 Å². The second-order valence-electron chi connectivity index (χ2n) is 3.65. The molecule has 0 saturated heterocycles. The fourth-order valence-corrected chi connectivity index (χ4v) is 2.08. The van der Waals surface area contributed by atoms with Crippen LogP contribution in [0.3, 0.4) is 0 Å². The molecule has 2 heterocycles. The highest BCUT2D eigenvalue weighted by molar-refractivity contribution is 7.99. The van der Waals surface area contributed by atoms with E-state index in [2.05, 4.69) is 15.1 Å². The molecule has 0 atom stereocenters. The van der Waals surface area contributed by atoms with Crippen molar-refractivity contribution in [2.75, 3.05) is 5.75 Å². The van der Waals surface area contributed by atoms with E-state index < -0.39 is 5.97 Å². The van der Waals surface area contributed by atoms with Crippen molar-refractivity contribution in [2.24, 2.45) is 7.05 Å². The minimum absolute atomic E-state index is 0.0127. The van der Waals surface area contributed by atoms with Crippen molar-refractivity contribution in [1.29, 1.82) is 0 Å². The van der Waals surface area contributed by atoms with E-state index in [1.54, 1.807) is 24.1 Å². The molecule has 7 heteroatoms. The van der Waals surface area contributed by atoms with Gasteiger partial charge < -0.3 is 5.11 Å². The molecule has 2 aromatic rings. The normalized spacial score (nSPS) is 10.5. The highest BCUT2D eigenvalue weighted by Gasteiger charge is 2.10. The zero-order chi connectivity index (χ0) is 13.0. The number of nitrogens with zero attached hydrogens (tertiary/aromatic N) is 4. The van der Waals surface area contributed by atoms with E-state index in [0.29, 0.717) is 17.4 Å². The van der Waals surface area contributed by atoms with E-state index in [-0.39, 0.29) is 5.75 Å². The standard InChI is InChI=1S/C11H12N4O2S/c1-15-11(18-7-10(16)17)13-9(14-15)6-8-2-4-12-5-3-8/h2-5H,6-7H2,1H3,(H,16,17). The topological polar surface area (TPSA) is 80.9 Å². The smallest absolute Gasteiger partial charge is 0.313 e. The van der Waals surface area contributed by atoms with Crippen LogP contribution in [0.2, 0.25) is 0 Å². The number of rotatable bonds is 5. The lowest BCUT2D eigenvalue weighted by Gasteiger charge is -1.94. The first-order valence-corrected chi connectivity index (χ1v) is 6.27. The molecule has 2 rings (SSSR count). The van der Waals surface area contributed by atoms with Gasteiger partial charge in [0, 0.05) is 25.9 Å². The zero-order valence-electron chi connectivity index (χ0n) is 9.78. The van der Waals surface area contributed by atoms with Crippen LogP contribution in [-0.2, 0) is 18.3 Å². The van der Waals surface area contributed by atoms with Gasteiger partial charge in [0.2, 0.25) is 0 Å². The largest absolute Gasteiger partial charge is 0.481 e. The molecular weight excluding hydrogens is 252 g/mol. The maximum absolute atomic E-state index is 10.5. The number of carboxylic acids is 1. The Kier molecular flexibility index (Phi) is 3.93. The molecule has 18 heavy (non-hydrogen) atoms. The minimum atomic E-state index is -0.862. The van der Waals surface area contributed by atoms with Gasteiger partial charge in [0.25, 0.3) is 0 Å². The number of thioether (sulfide) groups is 1. The van der Waals surface area contributed by atoms with Gasteiger partial charge in [-0.05, 0) is 17.7 Å². The predicted octanol–water partition coefficient (Wildman–Crippen LogP) is 0.978. The molecule has 94 valence electrons. The van der Waals surface area contributed by atoms with Crippen LogP contribution >= 0.6 is 11.8 Å². The van der Waals surface area contributed by atoms with Crippen molar-refractivity contribution < 1.29 is 9.90 Å². The van der Waals surface area contributed by atoms with Gasteiger partial charge >= 0.3 is 5.97 Å². The van der Waals surface area contributed by atoms with Crippen molar-refractivity contribution in [3.8, 4) is 0 Å². The van der Waals surface area contributed by atoms with Gasteiger partial charge in [-0.2, -0.15) is 5.10 Å². The summed E-state index contributed by atoms with van der Waals surface area (Å²) in [7, 11) is 1.76. The third-order valence-electron chi connectivity index (χ3n) is 2.20. The Bertz CT molecular complexity index is 541. The van der Waals surface area contributed by atoms with Crippen LogP contribution in [0.1, 0.15) is 11.4 Å². The first kappa shape index (κ1) is 12.6. The summed E-state index contributed by atoms with van der Waals surface area (Å²) in [6, 6.07) is 3.81. The van der Waals surface area contributed by atoms with E-state index in [0.717, 1.165) is 17.3 Å². The lowest BCUT2D eigenvalue weighted by atomic mass is 10.2. The molecule has 0 aliphatic heterocycles. The first-order chi connectivity index (χ1) is 8.65. The maximum atomic E-state index is 10.5. The van der Waals surface area contributed by atoms with Crippen molar-refractivity contribution in [3.63, 3.8) is 0 Å². The molecule has 0 spiro atoms. The summed E-state index contributed by atoms with van der Waals surface area (Å²) in [5.74, 6) is -0.198. The fourth-order valence-electron chi connectivity index (χ4n) is 1.43. The molecule has 1 N–H and O–H groups in total. The number of aliphatic carboxylic acids is 1. The summed E-state index contributed by atoms with van der Waals surface area (Å²) in [6.45, 7) is 0. The van der Waals surface area contributed by atoms with Gasteiger partial charge in [-0.15, -0.1) is 0 Å². The quantitative estimate of drug-likeness (QED) is 0.811. The van der Waals surface area contributed by atoms with Gasteiger partial charge in [-0.1, -0.05) is 11.8 Å². The van der Waals surface area contributed by atoms with Crippen LogP contribution in [0.25, 0.3) is 0 Å². The molecule has 0 saturated carbocycles. The molecule has 0 aliphatic carbocycles. The first-order valence-electron chi connectivity index (χ1n) is 5.28. The number of hydrogen-bond acceptors (Lipinski definition) is 5. The number of pyridine rings is 1. The van der Waals surface area contributed by atoms with Crippen LogP contribution in [0, 0.1) is 0 Å². The van der Waals surface area contributed by atoms with Gasteiger partial charge in [-0.25, -0.2) is 9.67 Å². The third-order valence-corrected chi connectivity index (χ3v) is 3.21. The van der Waals surface area contributed by atoms with Crippen LogP contribution in [0.5, 0.6) is 0 Å². The lowest BCUT2D eigenvalue weighted by Crippen LogP contribution is -2.00. The predicted molar refractivity (Wildman–Crippen MR) is 66.4 cm³/mol. The minimum Gasteiger partial charge on any atom is -0.481 e. The van der Waals surface area contributed by atoms with E-state index in [4.69, 9.17) is 5.11 Å². The molecule has 0 aliphatic rings. The van der Waals surface area contributed by atoms with Crippen LogP contribution in [-0.4, -0.2) is 36.6 Å². The third kappa shape index (κ3) is 3.30. The Morgan fingerprint density at radius 1 is 1.44 bits per heavy atom. The highest BCUT2D eigenvalue weighted by Crippen LogP contribution is 2.15. The van der Waals surface area contributed by atoms with Crippen molar-refractivity contribution in [1.82, 2.24) is 19.7 Å². The summed E-state index contributed by atoms with van der Waals surface area (Å²) in [5.41, 5.74) is 1.07. The second kappa shape index (κ2) is 5.63. The Hall–Kier alpha value is -1.89. The Morgan fingerprint density at radius 3 is 2.83 bits per heavy atom. The zero-order valence-corrected chi connectivity index (χ0v) is 10.6. The van der Waals surface area contributed by atoms with Gasteiger partial charge in [-0.3, -0.25) is 9.78 Å². The number of aryl methyl sites for hydroxylation is 1. The molecule has 0 radical (unpaired) electrons. The monoisotopic (exact) mass is 264 g/mol. The number of carboxylic acid groups (broad SMARTS) is 1. The lowest BCUT2D eigenvalue weighted by molar-refractivity contribution is -0.133. The van der Waals surface area contributed by atoms with Gasteiger partial charge in [0.05, 0.1) is 5.75 Å². The summed E-state index contributed by atoms with van der Waals surface area (Å²) in [4.78, 5) is 18.7. The van der Waals surface area contributed by atoms with Crippen molar-refractivity contribution >= 4 is 17.7 Å². The molecule has 0 aromatic carbocycles. The second-order valence-corrected chi connectivity index (χ2v) is 4.59. The van der Waals surface area contributed by atoms with Crippen molar-refractivity contribution in [3.05, 3.63) is 35.9 Å². The fraction of sp³-hybridized carbons (Fsp3) is 0.273. The van der Waals surface area contributed by atoms with Crippen LogP contribution in [0.15, 0.2) is 29.7 Å². The number of aromatic nitrogens is 4. The summed E-state index contributed by atoms with van der Waals surface area (Å²) < 4.78 is 1.60. The number of carbonyl (C=O) groups is 1. The molecular formula is C11H12N4O2S. The van der Waals surface area contributed by atoms with E-state index in [1.165, 1.54) is 0 Å². The Labute approximate surface area is 108 Å². The molecule has 0 amide bonds. The maximum Gasteiger partial charge on any atom is 0.313 e. The molecule has 2 aromatic heterocycles. The van der Waals surface area contributed by atoms with Crippen LogP contribution < -0.4 is 0 Å². The van der Waals surface area contributed by atoms with E-state index >= 15 is 0 Å². The van der Waals surface area contributed by atoms with E-state index in [1.807, 2.05) is 12.1 Å². The summed E-state index contributed by atoms with van der Waals surface area (Å²) in [6.07, 6.45) is 4.06. The SMILES string of the molecule is Cn1nc(Cc2ccncc2)nc1SCC(=O)O.